The average Bonchev–Trinajstić information content (AvgIpc) is 2.72. The molecule has 0 aliphatic carbocycles. The molecule has 0 spiro atoms. The third-order valence-electron chi connectivity index (χ3n) is 5.14. The molecule has 1 saturated heterocycles. The maximum atomic E-state index is 11.5. The number of amides is 1. The van der Waals surface area contributed by atoms with E-state index in [0.29, 0.717) is 6.54 Å². The number of likely N-dealkylation sites (tertiary alicyclic amines) is 1. The molecule has 30 heavy (non-hydrogen) atoms. The number of hydrogen-bond donors (Lipinski definition) is 3. The molecule has 1 aliphatic heterocycles. The third kappa shape index (κ3) is 10.3. The lowest BCUT2D eigenvalue weighted by Crippen LogP contribution is -2.40. The summed E-state index contributed by atoms with van der Waals surface area (Å²) in [6.45, 7) is 7.19. The summed E-state index contributed by atoms with van der Waals surface area (Å²) in [5.41, 5.74) is 7.97. The monoisotopic (exact) mass is 547 g/mol. The molecule has 170 valence electrons. The van der Waals surface area contributed by atoms with Crippen LogP contribution >= 0.6 is 35.7 Å². The molecule has 1 aromatic carbocycles. The van der Waals surface area contributed by atoms with E-state index in [1.54, 1.807) is 0 Å². The number of guanidine groups is 1. The molecule has 4 N–H and O–H groups in total. The number of primary amides is 1. The standard InChI is InChI=1S/C22H37N5OS.HI/c1-3-24-22(25-11-4-5-13-29-2)26-15-18-8-6-9-19(14-18)16-27-12-7-10-20(17-27)21(23)28;/h6,8-9,14,20H,3-5,7,10-13,15-17H2,1-2H3,(H2,23,28)(H2,24,25,26);1H. The number of thioether (sulfide) groups is 1. The van der Waals surface area contributed by atoms with Crippen LogP contribution in [-0.2, 0) is 17.9 Å². The van der Waals surface area contributed by atoms with Gasteiger partial charge in [0, 0.05) is 26.2 Å². The highest BCUT2D eigenvalue weighted by Crippen LogP contribution is 2.19. The van der Waals surface area contributed by atoms with Crippen LogP contribution in [0.1, 0.15) is 43.7 Å². The van der Waals surface area contributed by atoms with Crippen LogP contribution < -0.4 is 16.4 Å². The molecular weight excluding hydrogens is 509 g/mol. The fourth-order valence-corrected chi connectivity index (χ4v) is 4.10. The fraction of sp³-hybridized carbons (Fsp3) is 0.636. The Morgan fingerprint density at radius 1 is 1.30 bits per heavy atom. The smallest absolute Gasteiger partial charge is 0.221 e. The zero-order valence-corrected chi connectivity index (χ0v) is 21.5. The summed E-state index contributed by atoms with van der Waals surface area (Å²) in [5.74, 6) is 1.90. The molecule has 8 heteroatoms. The van der Waals surface area contributed by atoms with Gasteiger partial charge in [0.25, 0.3) is 0 Å². The SMILES string of the molecule is CCNC(=NCc1cccc(CN2CCCC(C(N)=O)C2)c1)NCCCCSC.I. The van der Waals surface area contributed by atoms with Gasteiger partial charge in [-0.3, -0.25) is 9.69 Å². The number of carbonyl (C=O) groups is 1. The van der Waals surface area contributed by atoms with E-state index < -0.39 is 0 Å². The van der Waals surface area contributed by atoms with E-state index in [4.69, 9.17) is 10.7 Å². The number of nitrogens with zero attached hydrogens (tertiary/aromatic N) is 2. The Bertz CT molecular complexity index is 658. The highest BCUT2D eigenvalue weighted by atomic mass is 127. The number of piperidine rings is 1. The lowest BCUT2D eigenvalue weighted by molar-refractivity contribution is -0.123. The van der Waals surface area contributed by atoms with Crippen LogP contribution in [0.5, 0.6) is 0 Å². The molecule has 1 atom stereocenters. The Kier molecular flexibility index (Phi) is 14.2. The summed E-state index contributed by atoms with van der Waals surface area (Å²) in [6.07, 6.45) is 6.48. The van der Waals surface area contributed by atoms with Crippen LogP contribution in [0, 0.1) is 5.92 Å². The van der Waals surface area contributed by atoms with Crippen LogP contribution in [0.4, 0.5) is 0 Å². The number of aliphatic imine (C=N–C) groups is 1. The normalized spacial score (nSPS) is 17.3. The second kappa shape index (κ2) is 15.8. The molecule has 6 nitrogen and oxygen atoms in total. The van der Waals surface area contributed by atoms with E-state index in [-0.39, 0.29) is 35.8 Å². The molecule has 1 aliphatic rings. The Morgan fingerprint density at radius 2 is 2.10 bits per heavy atom. The molecule has 1 aromatic rings. The number of halogens is 1. The van der Waals surface area contributed by atoms with Crippen molar-refractivity contribution < 1.29 is 4.79 Å². The second-order valence-electron chi connectivity index (χ2n) is 7.62. The van der Waals surface area contributed by atoms with Crippen LogP contribution in [0.25, 0.3) is 0 Å². The Morgan fingerprint density at radius 3 is 2.83 bits per heavy atom. The Labute approximate surface area is 203 Å². The zero-order valence-electron chi connectivity index (χ0n) is 18.4. The van der Waals surface area contributed by atoms with Gasteiger partial charge < -0.3 is 16.4 Å². The largest absolute Gasteiger partial charge is 0.369 e. The molecule has 1 heterocycles. The number of rotatable bonds is 11. The van der Waals surface area contributed by atoms with Crippen molar-refractivity contribution in [1.29, 1.82) is 0 Å². The minimum absolute atomic E-state index is 0. The van der Waals surface area contributed by atoms with Gasteiger partial charge in [0.2, 0.25) is 5.91 Å². The summed E-state index contributed by atoms with van der Waals surface area (Å²) >= 11 is 1.89. The number of nitrogens with two attached hydrogens (primary N) is 1. The molecule has 1 fully saturated rings. The van der Waals surface area contributed by atoms with Crippen molar-refractivity contribution in [3.63, 3.8) is 0 Å². The quantitative estimate of drug-likeness (QED) is 0.172. The van der Waals surface area contributed by atoms with Gasteiger partial charge >= 0.3 is 0 Å². The van der Waals surface area contributed by atoms with Crippen LogP contribution in [0.3, 0.4) is 0 Å². The van der Waals surface area contributed by atoms with Crippen LogP contribution in [0.2, 0.25) is 0 Å². The van der Waals surface area contributed by atoms with Crippen molar-refractivity contribution in [3.05, 3.63) is 35.4 Å². The van der Waals surface area contributed by atoms with Crippen LogP contribution in [-0.4, -0.2) is 55.0 Å². The molecule has 0 bridgehead atoms. The van der Waals surface area contributed by atoms with E-state index in [1.165, 1.54) is 23.3 Å². The fourth-order valence-electron chi connectivity index (χ4n) is 3.61. The lowest BCUT2D eigenvalue weighted by atomic mass is 9.97. The van der Waals surface area contributed by atoms with Crippen LogP contribution in [0.15, 0.2) is 29.3 Å². The number of hydrogen-bond acceptors (Lipinski definition) is 4. The van der Waals surface area contributed by atoms with Crippen molar-refractivity contribution in [2.75, 3.05) is 38.2 Å². The number of unbranched alkanes of at least 4 members (excludes halogenated alkanes) is 1. The highest BCUT2D eigenvalue weighted by Gasteiger charge is 2.23. The van der Waals surface area contributed by atoms with E-state index in [9.17, 15) is 4.79 Å². The molecular formula is C22H38IN5OS. The zero-order chi connectivity index (χ0) is 20.9. The summed E-state index contributed by atoms with van der Waals surface area (Å²) in [7, 11) is 0. The van der Waals surface area contributed by atoms with Gasteiger partial charge in [-0.2, -0.15) is 11.8 Å². The highest BCUT2D eigenvalue weighted by molar-refractivity contribution is 14.0. The van der Waals surface area contributed by atoms with Crippen molar-refractivity contribution >= 4 is 47.6 Å². The predicted octanol–water partition coefficient (Wildman–Crippen LogP) is 3.20. The topological polar surface area (TPSA) is 82.8 Å². The molecule has 0 aromatic heterocycles. The van der Waals surface area contributed by atoms with E-state index in [2.05, 4.69) is 53.0 Å². The molecule has 1 amide bonds. The first-order chi connectivity index (χ1) is 14.1. The Hall–Kier alpha value is -1.00. The van der Waals surface area contributed by atoms with Gasteiger partial charge in [-0.1, -0.05) is 24.3 Å². The summed E-state index contributed by atoms with van der Waals surface area (Å²) in [6, 6.07) is 8.59. The van der Waals surface area contributed by atoms with E-state index >= 15 is 0 Å². The number of nitrogens with one attached hydrogen (secondary N) is 2. The summed E-state index contributed by atoms with van der Waals surface area (Å²) in [4.78, 5) is 18.6. The predicted molar refractivity (Wildman–Crippen MR) is 139 cm³/mol. The van der Waals surface area contributed by atoms with Crippen molar-refractivity contribution in [2.45, 2.75) is 45.7 Å². The minimum Gasteiger partial charge on any atom is -0.369 e. The lowest BCUT2D eigenvalue weighted by Gasteiger charge is -2.31. The Balaban J connectivity index is 0.00000450. The number of benzene rings is 1. The summed E-state index contributed by atoms with van der Waals surface area (Å²) in [5, 5.41) is 6.74. The first-order valence-electron chi connectivity index (χ1n) is 10.7. The summed E-state index contributed by atoms with van der Waals surface area (Å²) < 4.78 is 0. The first-order valence-corrected chi connectivity index (χ1v) is 12.1. The molecule has 2 rings (SSSR count). The average molecular weight is 548 g/mol. The maximum absolute atomic E-state index is 11.5. The minimum atomic E-state index is -0.172. The third-order valence-corrected chi connectivity index (χ3v) is 5.83. The number of carbonyl (C=O) groups excluding carboxylic acids is 1. The molecule has 1 unspecified atom stereocenters. The van der Waals surface area contributed by atoms with E-state index in [0.717, 1.165) is 57.9 Å². The van der Waals surface area contributed by atoms with Gasteiger partial charge in [0.1, 0.15) is 0 Å². The van der Waals surface area contributed by atoms with Gasteiger partial charge in [0.15, 0.2) is 5.96 Å². The maximum Gasteiger partial charge on any atom is 0.221 e. The van der Waals surface area contributed by atoms with Crippen molar-refractivity contribution in [1.82, 2.24) is 15.5 Å². The van der Waals surface area contributed by atoms with Gasteiger partial charge in [-0.25, -0.2) is 4.99 Å². The molecule has 0 radical (unpaired) electrons. The molecule has 0 saturated carbocycles. The van der Waals surface area contributed by atoms with Gasteiger partial charge in [0.05, 0.1) is 12.5 Å². The van der Waals surface area contributed by atoms with E-state index in [1.807, 2.05) is 11.8 Å². The van der Waals surface area contributed by atoms with Crippen molar-refractivity contribution in [2.24, 2.45) is 16.6 Å². The van der Waals surface area contributed by atoms with Gasteiger partial charge in [-0.05, 0) is 62.3 Å². The van der Waals surface area contributed by atoms with Gasteiger partial charge in [-0.15, -0.1) is 24.0 Å². The first kappa shape index (κ1) is 27.0. The van der Waals surface area contributed by atoms with Crippen molar-refractivity contribution in [3.8, 4) is 0 Å². The second-order valence-corrected chi connectivity index (χ2v) is 8.60.